The Labute approximate surface area is 48.8 Å². The van der Waals surface area contributed by atoms with E-state index in [-0.39, 0.29) is 0 Å². The van der Waals surface area contributed by atoms with Crippen LogP contribution in [0.4, 0.5) is 0 Å². The molecule has 2 heteroatoms. The van der Waals surface area contributed by atoms with E-state index in [0.29, 0.717) is 0 Å². The van der Waals surface area contributed by atoms with Gasteiger partial charge in [-0.2, -0.15) is 0 Å². The minimum atomic E-state index is -1.11. The van der Waals surface area contributed by atoms with E-state index in [1.165, 1.54) is 0 Å². The lowest BCUT2D eigenvalue weighted by molar-refractivity contribution is -0.137. The quantitative estimate of drug-likeness (QED) is 0.508. The summed E-state index contributed by atoms with van der Waals surface area (Å²) in [6.45, 7) is 1.99. The molecule has 0 amide bonds. The van der Waals surface area contributed by atoms with Crippen LogP contribution in [0, 0.1) is 0 Å². The zero-order chi connectivity index (χ0) is 6.41. The Morgan fingerprint density at radius 3 is 2.62 bits per heavy atom. The summed E-state index contributed by atoms with van der Waals surface area (Å²) in [5.41, 5.74) is 0. The normalized spacial score (nSPS) is 10.1. The Bertz CT molecular complexity index is 94.7. The first kappa shape index (κ1) is 7.21. The molecule has 0 aromatic carbocycles. The molecule has 0 aliphatic carbocycles. The highest BCUT2D eigenvalue weighted by Gasteiger charge is 1.85. The van der Waals surface area contributed by atoms with Crippen molar-refractivity contribution in [3.63, 3.8) is 0 Å². The van der Waals surface area contributed by atoms with Crippen molar-refractivity contribution in [2.75, 3.05) is 0 Å². The van der Waals surface area contributed by atoms with Gasteiger partial charge in [0.25, 0.3) is 0 Å². The Morgan fingerprint density at radius 2 is 2.25 bits per heavy atom. The fraction of sp³-hybridized carbons (Fsp3) is 0.500. The van der Waals surface area contributed by atoms with Crippen LogP contribution in [0.5, 0.6) is 0 Å². The lowest BCUT2D eigenvalue weighted by Crippen LogP contribution is -1.81. The molecular formula is C6H9O2. The van der Waals surface area contributed by atoms with Crippen LogP contribution in [0.3, 0.4) is 0 Å². The number of rotatable bonds is 3. The molecule has 8 heavy (non-hydrogen) atoms. The molecule has 0 heterocycles. The molecule has 0 N–H and O–H groups in total. The number of unbranched alkanes of at least 4 members (excludes halogenated alkanes) is 1. The first-order valence-electron chi connectivity index (χ1n) is 2.65. The molecule has 2 nitrogen and oxygen atoms in total. The fourth-order valence-corrected chi connectivity index (χ4v) is 0.346. The Hall–Kier alpha value is -0.790. The molecule has 0 aliphatic rings. The van der Waals surface area contributed by atoms with Crippen molar-refractivity contribution in [3.05, 3.63) is 12.2 Å². The van der Waals surface area contributed by atoms with E-state index in [0.717, 1.165) is 18.9 Å². The van der Waals surface area contributed by atoms with E-state index in [1.54, 1.807) is 6.08 Å². The molecule has 0 saturated carbocycles. The van der Waals surface area contributed by atoms with Crippen molar-refractivity contribution < 1.29 is 9.90 Å². The zero-order valence-corrected chi connectivity index (χ0v) is 4.89. The van der Waals surface area contributed by atoms with Crippen molar-refractivity contribution in [1.82, 2.24) is 0 Å². The number of carbonyl (C=O) groups excluding carboxylic acids is 1. The third-order valence-corrected chi connectivity index (χ3v) is 0.709. The fourth-order valence-electron chi connectivity index (χ4n) is 0.346. The van der Waals surface area contributed by atoms with Crippen LogP contribution >= 0.6 is 0 Å². The van der Waals surface area contributed by atoms with Crippen molar-refractivity contribution in [2.45, 2.75) is 19.8 Å². The van der Waals surface area contributed by atoms with Gasteiger partial charge in [-0.15, -0.1) is 0 Å². The second-order valence-electron chi connectivity index (χ2n) is 1.51. The van der Waals surface area contributed by atoms with Gasteiger partial charge in [0.05, 0.1) is 0 Å². The maximum Gasteiger partial charge on any atom is 0.378 e. The van der Waals surface area contributed by atoms with E-state index in [1.807, 2.05) is 6.92 Å². The van der Waals surface area contributed by atoms with E-state index >= 15 is 0 Å². The van der Waals surface area contributed by atoms with Crippen molar-refractivity contribution in [3.8, 4) is 0 Å². The van der Waals surface area contributed by atoms with Crippen LogP contribution in [0.1, 0.15) is 19.8 Å². The van der Waals surface area contributed by atoms with Crippen LogP contribution in [-0.4, -0.2) is 5.97 Å². The summed E-state index contributed by atoms with van der Waals surface area (Å²) >= 11 is 0. The summed E-state index contributed by atoms with van der Waals surface area (Å²) in [6, 6.07) is 0. The zero-order valence-electron chi connectivity index (χ0n) is 4.89. The summed E-state index contributed by atoms with van der Waals surface area (Å²) in [6.07, 6.45) is 4.44. The third-order valence-electron chi connectivity index (χ3n) is 0.709. The maximum absolute atomic E-state index is 9.68. The minimum absolute atomic E-state index is 0.813. The average Bonchev–Trinajstić information content (AvgIpc) is 1.66. The molecule has 0 rings (SSSR count). The van der Waals surface area contributed by atoms with Gasteiger partial charge in [-0.05, 0) is 6.42 Å². The molecule has 45 valence electrons. The van der Waals surface area contributed by atoms with Crippen molar-refractivity contribution >= 4 is 5.97 Å². The lowest BCUT2D eigenvalue weighted by Gasteiger charge is -1.77. The monoisotopic (exact) mass is 113 g/mol. The molecule has 0 aromatic heterocycles. The van der Waals surface area contributed by atoms with E-state index in [2.05, 4.69) is 0 Å². The molecule has 0 fully saturated rings. The van der Waals surface area contributed by atoms with Gasteiger partial charge >= 0.3 is 5.97 Å². The van der Waals surface area contributed by atoms with Crippen molar-refractivity contribution in [1.29, 1.82) is 0 Å². The van der Waals surface area contributed by atoms with Gasteiger partial charge < -0.3 is 0 Å². The highest BCUT2D eigenvalue weighted by atomic mass is 16.4. The van der Waals surface area contributed by atoms with E-state index in [4.69, 9.17) is 0 Å². The van der Waals surface area contributed by atoms with Crippen LogP contribution < -0.4 is 0 Å². The summed E-state index contributed by atoms with van der Waals surface area (Å²) in [7, 11) is 0. The first-order valence-corrected chi connectivity index (χ1v) is 2.65. The minimum Gasteiger partial charge on any atom is -0.242 e. The molecule has 0 saturated heterocycles. The molecule has 0 bridgehead atoms. The second kappa shape index (κ2) is 4.37. The molecule has 1 radical (unpaired) electrons. The highest BCUT2D eigenvalue weighted by molar-refractivity contribution is 5.79. The number of allylic oxidation sites excluding steroid dienone is 1. The van der Waals surface area contributed by atoms with Crippen LogP contribution in [0.25, 0.3) is 0 Å². The largest absolute Gasteiger partial charge is 0.378 e. The van der Waals surface area contributed by atoms with E-state index < -0.39 is 5.97 Å². The summed E-state index contributed by atoms with van der Waals surface area (Å²) in [5, 5.41) is 9.68. The lowest BCUT2D eigenvalue weighted by atomic mass is 10.3. The SMILES string of the molecule is CCCC=CC([O])=O. The predicted molar refractivity (Wildman–Crippen MR) is 29.7 cm³/mol. The van der Waals surface area contributed by atoms with Crippen LogP contribution in [-0.2, 0) is 9.90 Å². The highest BCUT2D eigenvalue weighted by Crippen LogP contribution is 1.86. The molecule has 0 aromatic rings. The Kier molecular flexibility index (Phi) is 3.94. The predicted octanol–water partition coefficient (Wildman–Crippen LogP) is 1.30. The second-order valence-corrected chi connectivity index (χ2v) is 1.51. The van der Waals surface area contributed by atoms with Gasteiger partial charge in [0.15, 0.2) is 0 Å². The molecule has 0 unspecified atom stereocenters. The summed E-state index contributed by atoms with van der Waals surface area (Å²) in [4.78, 5) is 9.68. The van der Waals surface area contributed by atoms with Gasteiger partial charge in [0, 0.05) is 6.08 Å². The van der Waals surface area contributed by atoms with Crippen LogP contribution in [0.2, 0.25) is 0 Å². The first-order chi connectivity index (χ1) is 3.77. The third kappa shape index (κ3) is 5.21. The van der Waals surface area contributed by atoms with E-state index in [9.17, 15) is 9.90 Å². The number of carbonyl (C=O) groups is 1. The van der Waals surface area contributed by atoms with Gasteiger partial charge in [-0.3, -0.25) is 0 Å². The smallest absolute Gasteiger partial charge is 0.242 e. The van der Waals surface area contributed by atoms with Gasteiger partial charge in [-0.25, -0.2) is 9.90 Å². The van der Waals surface area contributed by atoms with Crippen molar-refractivity contribution in [2.24, 2.45) is 0 Å². The summed E-state index contributed by atoms with van der Waals surface area (Å²) < 4.78 is 0. The molecule has 0 atom stereocenters. The summed E-state index contributed by atoms with van der Waals surface area (Å²) in [5.74, 6) is -1.11. The van der Waals surface area contributed by atoms with Crippen LogP contribution in [0.15, 0.2) is 12.2 Å². The maximum atomic E-state index is 9.68. The van der Waals surface area contributed by atoms with Gasteiger partial charge in [-0.1, -0.05) is 19.4 Å². The van der Waals surface area contributed by atoms with Gasteiger partial charge in [0.1, 0.15) is 0 Å². The molecule has 0 aliphatic heterocycles. The number of hydrogen-bond acceptors (Lipinski definition) is 1. The standard InChI is InChI=1S/C6H9O2/c1-2-3-4-5-6(7)8/h4-5H,2-3H2,1H3. The average molecular weight is 113 g/mol. The van der Waals surface area contributed by atoms with Gasteiger partial charge in [0.2, 0.25) is 0 Å². The molecular weight excluding hydrogens is 104 g/mol. The number of hydrogen-bond donors (Lipinski definition) is 0. The Morgan fingerprint density at radius 1 is 1.62 bits per heavy atom. The Balaban J connectivity index is 3.20. The molecule has 0 spiro atoms. The topological polar surface area (TPSA) is 37.0 Å².